The van der Waals surface area contributed by atoms with Crippen LogP contribution in [0, 0.1) is 0 Å². The van der Waals surface area contributed by atoms with Gasteiger partial charge in [-0.3, -0.25) is 4.79 Å². The van der Waals surface area contributed by atoms with Crippen LogP contribution in [-0.4, -0.2) is 28.4 Å². The third-order valence-corrected chi connectivity index (χ3v) is 5.86. The van der Waals surface area contributed by atoms with E-state index in [-0.39, 0.29) is 18.2 Å². The quantitative estimate of drug-likeness (QED) is 0.309. The molecule has 5 nitrogen and oxygen atoms in total. The maximum absolute atomic E-state index is 11.3. The highest BCUT2D eigenvalue weighted by molar-refractivity contribution is 6.16. The maximum Gasteiger partial charge on any atom is 0.308 e. The zero-order valence-electron chi connectivity index (χ0n) is 14.5. The summed E-state index contributed by atoms with van der Waals surface area (Å²) in [5.41, 5.74) is 5.84. The molecule has 3 aromatic rings. The molecule has 134 valence electrons. The van der Waals surface area contributed by atoms with Crippen molar-refractivity contribution < 1.29 is 24.5 Å². The number of carbonyl (C=O) groups excluding carboxylic acids is 1. The molecule has 0 amide bonds. The number of esters is 1. The Labute approximate surface area is 154 Å². The van der Waals surface area contributed by atoms with Crippen molar-refractivity contribution in [3.05, 3.63) is 53.6 Å². The number of fused-ring (bicyclic) bond motifs is 7. The van der Waals surface area contributed by atoms with Crippen LogP contribution in [-0.2, 0) is 9.53 Å². The standard InChI is InChI=1S/C22H16O5/c1-9(23)26-10-5-6-11-14(7-10)12-3-2-4-13-17(12)15(11)8-16-18(13)21-22(27-21)20(25)19(16)24/h2-8,19-22,24-25H,1H3/t19-,20+,21-,22+/m1/s1. The number of ether oxygens (including phenoxy) is 2. The number of aliphatic hydroxyl groups is 2. The third kappa shape index (κ3) is 1.91. The Morgan fingerprint density at radius 3 is 2.70 bits per heavy atom. The highest BCUT2D eigenvalue weighted by Gasteiger charge is 2.54. The summed E-state index contributed by atoms with van der Waals surface area (Å²) in [6.07, 6.45) is -2.35. The van der Waals surface area contributed by atoms with E-state index in [9.17, 15) is 15.0 Å². The molecular weight excluding hydrogens is 344 g/mol. The predicted octanol–water partition coefficient (Wildman–Crippen LogP) is 3.26. The molecule has 0 bridgehead atoms. The lowest BCUT2D eigenvalue weighted by atomic mass is 9.82. The molecular formula is C22H16O5. The Morgan fingerprint density at radius 1 is 1.04 bits per heavy atom. The first-order chi connectivity index (χ1) is 13.0. The van der Waals surface area contributed by atoms with Crippen LogP contribution in [0.5, 0.6) is 5.75 Å². The van der Waals surface area contributed by atoms with Gasteiger partial charge in [0, 0.05) is 6.92 Å². The average Bonchev–Trinajstić information content (AvgIpc) is 3.39. The largest absolute Gasteiger partial charge is 0.427 e. The number of aliphatic hydroxyl groups excluding tert-OH is 2. The van der Waals surface area contributed by atoms with E-state index in [1.54, 1.807) is 6.07 Å². The second-order valence-corrected chi connectivity index (χ2v) is 7.41. The molecule has 0 unspecified atom stereocenters. The van der Waals surface area contributed by atoms with Crippen molar-refractivity contribution in [1.29, 1.82) is 0 Å². The molecule has 1 aliphatic heterocycles. The van der Waals surface area contributed by atoms with E-state index < -0.39 is 12.2 Å². The number of hydrogen-bond acceptors (Lipinski definition) is 5. The monoisotopic (exact) mass is 360 g/mol. The van der Waals surface area contributed by atoms with Crippen LogP contribution in [0.4, 0.5) is 0 Å². The van der Waals surface area contributed by atoms with Crippen molar-refractivity contribution in [2.45, 2.75) is 31.3 Å². The minimum atomic E-state index is -0.961. The number of hydrogen-bond donors (Lipinski definition) is 2. The molecule has 1 fully saturated rings. The van der Waals surface area contributed by atoms with Gasteiger partial charge in [-0.1, -0.05) is 24.3 Å². The molecule has 0 aromatic heterocycles. The van der Waals surface area contributed by atoms with Gasteiger partial charge in [0.2, 0.25) is 0 Å². The van der Waals surface area contributed by atoms with Crippen LogP contribution in [0.2, 0.25) is 0 Å². The molecule has 3 aromatic carbocycles. The summed E-state index contributed by atoms with van der Waals surface area (Å²) >= 11 is 0. The summed E-state index contributed by atoms with van der Waals surface area (Å²) in [6, 6.07) is 13.7. The first-order valence-corrected chi connectivity index (χ1v) is 8.99. The smallest absolute Gasteiger partial charge is 0.308 e. The van der Waals surface area contributed by atoms with Gasteiger partial charge < -0.3 is 19.7 Å². The van der Waals surface area contributed by atoms with Gasteiger partial charge in [0.1, 0.15) is 30.2 Å². The van der Waals surface area contributed by atoms with Gasteiger partial charge in [-0.05, 0) is 62.4 Å². The number of rotatable bonds is 1. The van der Waals surface area contributed by atoms with Gasteiger partial charge in [-0.25, -0.2) is 0 Å². The normalized spacial score (nSPS) is 26.3. The summed E-state index contributed by atoms with van der Waals surface area (Å²) in [7, 11) is 0. The third-order valence-electron chi connectivity index (χ3n) is 5.86. The van der Waals surface area contributed by atoms with E-state index in [1.165, 1.54) is 6.92 Å². The lowest BCUT2D eigenvalue weighted by molar-refractivity contribution is -0.131. The lowest BCUT2D eigenvalue weighted by Gasteiger charge is -2.25. The molecule has 2 aliphatic carbocycles. The Morgan fingerprint density at radius 2 is 1.89 bits per heavy atom. The van der Waals surface area contributed by atoms with Crippen LogP contribution in [0.25, 0.3) is 33.0 Å². The molecule has 1 saturated heterocycles. The summed E-state index contributed by atoms with van der Waals surface area (Å²) in [5.74, 6) is 0.157. The molecule has 3 aliphatic rings. The van der Waals surface area contributed by atoms with Gasteiger partial charge in [0.05, 0.1) is 0 Å². The van der Waals surface area contributed by atoms with Crippen LogP contribution >= 0.6 is 0 Å². The summed E-state index contributed by atoms with van der Waals surface area (Å²) in [5, 5.41) is 23.1. The SMILES string of the molecule is CC(=O)Oc1ccc2c(c1)-c1cccc3c4c(cc-2c13)[C@@H](O)[C@H](O)[C@@H]1O[C@H]41. The van der Waals surface area contributed by atoms with Gasteiger partial charge >= 0.3 is 5.97 Å². The molecule has 27 heavy (non-hydrogen) atoms. The molecule has 4 atom stereocenters. The topological polar surface area (TPSA) is 79.3 Å². The van der Waals surface area contributed by atoms with Crippen LogP contribution in [0.15, 0.2) is 42.5 Å². The molecule has 5 heteroatoms. The fourth-order valence-corrected chi connectivity index (χ4v) is 4.72. The maximum atomic E-state index is 11.3. The highest BCUT2D eigenvalue weighted by atomic mass is 16.6. The number of carbonyl (C=O) groups is 1. The summed E-state index contributed by atoms with van der Waals surface area (Å²) < 4.78 is 10.9. The van der Waals surface area contributed by atoms with Crippen LogP contribution in [0.3, 0.4) is 0 Å². The predicted molar refractivity (Wildman–Crippen MR) is 98.3 cm³/mol. The minimum Gasteiger partial charge on any atom is -0.427 e. The fraction of sp³-hybridized carbons (Fsp3) is 0.227. The van der Waals surface area contributed by atoms with E-state index in [2.05, 4.69) is 6.07 Å². The zero-order chi connectivity index (χ0) is 18.4. The first-order valence-electron chi connectivity index (χ1n) is 8.99. The van der Waals surface area contributed by atoms with Crippen molar-refractivity contribution in [3.63, 3.8) is 0 Å². The Kier molecular flexibility index (Phi) is 2.81. The second kappa shape index (κ2) is 4.95. The van der Waals surface area contributed by atoms with E-state index in [1.807, 2.05) is 30.3 Å². The molecule has 1 heterocycles. The average molecular weight is 360 g/mol. The summed E-state index contributed by atoms with van der Waals surface area (Å²) in [4.78, 5) is 11.3. The molecule has 0 radical (unpaired) electrons. The Balaban J connectivity index is 1.65. The van der Waals surface area contributed by atoms with Crippen molar-refractivity contribution in [1.82, 2.24) is 0 Å². The molecule has 0 spiro atoms. The fourth-order valence-electron chi connectivity index (χ4n) is 4.72. The first kappa shape index (κ1) is 15.3. The van der Waals surface area contributed by atoms with Crippen LogP contribution in [0.1, 0.15) is 30.3 Å². The molecule has 2 N–H and O–H groups in total. The minimum absolute atomic E-state index is 0.164. The van der Waals surface area contributed by atoms with E-state index >= 15 is 0 Å². The van der Waals surface area contributed by atoms with Gasteiger partial charge in [0.25, 0.3) is 0 Å². The molecule has 6 rings (SSSR count). The number of epoxide rings is 1. The van der Waals surface area contributed by atoms with Crippen molar-refractivity contribution in [3.8, 4) is 28.0 Å². The van der Waals surface area contributed by atoms with Gasteiger partial charge in [-0.2, -0.15) is 0 Å². The van der Waals surface area contributed by atoms with Gasteiger partial charge in [0.15, 0.2) is 0 Å². The molecule has 0 saturated carbocycles. The Hall–Kier alpha value is -2.73. The summed E-state index contributed by atoms with van der Waals surface area (Å²) in [6.45, 7) is 1.38. The zero-order valence-corrected chi connectivity index (χ0v) is 14.5. The van der Waals surface area contributed by atoms with Gasteiger partial charge in [-0.15, -0.1) is 0 Å². The van der Waals surface area contributed by atoms with Crippen LogP contribution < -0.4 is 4.74 Å². The Bertz CT molecular complexity index is 1170. The van der Waals surface area contributed by atoms with E-state index in [0.29, 0.717) is 5.75 Å². The van der Waals surface area contributed by atoms with E-state index in [0.717, 1.165) is 44.2 Å². The lowest BCUT2D eigenvalue weighted by Crippen LogP contribution is -2.29. The van der Waals surface area contributed by atoms with E-state index in [4.69, 9.17) is 9.47 Å². The van der Waals surface area contributed by atoms with Crippen molar-refractivity contribution in [2.24, 2.45) is 0 Å². The van der Waals surface area contributed by atoms with Crippen molar-refractivity contribution >= 4 is 16.7 Å². The second-order valence-electron chi connectivity index (χ2n) is 7.41. The van der Waals surface area contributed by atoms with Crippen molar-refractivity contribution in [2.75, 3.05) is 0 Å². The number of benzene rings is 3. The highest BCUT2D eigenvalue weighted by Crippen LogP contribution is 2.57.